The fraction of sp³-hybridized carbons (Fsp3) is 0.0909. The number of aryl methyl sites for hydroxylation is 1. The molecule has 0 atom stereocenters. The molecule has 0 fully saturated rings. The standard InChI is InChI=1S/C22H17N3O5/c1-13-4-3-5-19-20(13)24-22(30-19)14-6-9-16(10-7-14)23-21(26)15-8-11-18(29-2)17(12-15)25(27)28/h3-12H,1-2H3,(H,23,26). The second-order valence-corrected chi connectivity index (χ2v) is 6.62. The molecule has 0 aliphatic heterocycles. The number of carbonyl (C=O) groups is 1. The van der Waals surface area contributed by atoms with Crippen molar-refractivity contribution >= 4 is 28.4 Å². The second-order valence-electron chi connectivity index (χ2n) is 6.62. The zero-order valence-electron chi connectivity index (χ0n) is 16.2. The summed E-state index contributed by atoms with van der Waals surface area (Å²) in [4.78, 5) is 27.6. The third-order valence-electron chi connectivity index (χ3n) is 4.65. The molecule has 0 spiro atoms. The molecule has 150 valence electrons. The average Bonchev–Trinajstić information content (AvgIpc) is 3.19. The maximum Gasteiger partial charge on any atom is 0.311 e. The number of nitrogens with one attached hydrogen (secondary N) is 1. The molecule has 0 aliphatic carbocycles. The van der Waals surface area contributed by atoms with Gasteiger partial charge in [0.15, 0.2) is 11.3 Å². The molecule has 30 heavy (non-hydrogen) atoms. The lowest BCUT2D eigenvalue weighted by molar-refractivity contribution is -0.385. The largest absolute Gasteiger partial charge is 0.490 e. The highest BCUT2D eigenvalue weighted by molar-refractivity contribution is 6.05. The van der Waals surface area contributed by atoms with Crippen molar-refractivity contribution in [2.45, 2.75) is 6.92 Å². The van der Waals surface area contributed by atoms with Gasteiger partial charge in [-0.1, -0.05) is 12.1 Å². The third kappa shape index (κ3) is 3.58. The molecule has 1 amide bonds. The number of benzene rings is 3. The normalized spacial score (nSPS) is 10.7. The number of amides is 1. The highest BCUT2D eigenvalue weighted by Crippen LogP contribution is 2.29. The Kier molecular flexibility index (Phi) is 4.89. The van der Waals surface area contributed by atoms with Gasteiger partial charge in [0.1, 0.15) is 5.52 Å². The number of hydrogen-bond donors (Lipinski definition) is 1. The fourth-order valence-corrected chi connectivity index (χ4v) is 3.08. The van der Waals surface area contributed by atoms with Gasteiger partial charge in [-0.15, -0.1) is 0 Å². The molecule has 1 heterocycles. The van der Waals surface area contributed by atoms with E-state index < -0.39 is 10.8 Å². The summed E-state index contributed by atoms with van der Waals surface area (Å²) in [5.74, 6) is 0.114. The van der Waals surface area contributed by atoms with Crippen LogP contribution in [0.5, 0.6) is 5.75 Å². The lowest BCUT2D eigenvalue weighted by Crippen LogP contribution is -2.12. The number of hydrogen-bond acceptors (Lipinski definition) is 6. The molecular formula is C22H17N3O5. The van der Waals surface area contributed by atoms with Crippen LogP contribution in [-0.4, -0.2) is 22.9 Å². The number of para-hydroxylation sites is 1. The summed E-state index contributed by atoms with van der Waals surface area (Å²) in [5.41, 5.74) is 3.74. The Morgan fingerprint density at radius 2 is 1.90 bits per heavy atom. The summed E-state index contributed by atoms with van der Waals surface area (Å²) in [6.45, 7) is 1.97. The molecule has 0 aliphatic rings. The van der Waals surface area contributed by atoms with Gasteiger partial charge in [-0.3, -0.25) is 14.9 Å². The van der Waals surface area contributed by atoms with Gasteiger partial charge in [0, 0.05) is 22.9 Å². The van der Waals surface area contributed by atoms with Crippen LogP contribution in [-0.2, 0) is 0 Å². The van der Waals surface area contributed by atoms with Crippen molar-refractivity contribution in [2.75, 3.05) is 12.4 Å². The number of oxazole rings is 1. The van der Waals surface area contributed by atoms with Gasteiger partial charge in [0.2, 0.25) is 5.89 Å². The summed E-state index contributed by atoms with van der Waals surface area (Å²) >= 11 is 0. The number of rotatable bonds is 5. The molecule has 8 heteroatoms. The van der Waals surface area contributed by atoms with Crippen LogP contribution < -0.4 is 10.1 Å². The summed E-state index contributed by atoms with van der Waals surface area (Å²) in [6.07, 6.45) is 0. The van der Waals surface area contributed by atoms with Crippen LogP contribution >= 0.6 is 0 Å². The minimum absolute atomic E-state index is 0.0921. The predicted octanol–water partition coefficient (Wildman–Crippen LogP) is 4.97. The molecule has 0 radical (unpaired) electrons. The first kappa shape index (κ1) is 19.1. The maximum absolute atomic E-state index is 12.5. The van der Waals surface area contributed by atoms with E-state index in [4.69, 9.17) is 9.15 Å². The molecule has 1 N–H and O–H groups in total. The number of nitrogens with zero attached hydrogens (tertiary/aromatic N) is 2. The van der Waals surface area contributed by atoms with E-state index in [-0.39, 0.29) is 17.0 Å². The van der Waals surface area contributed by atoms with Crippen molar-refractivity contribution in [3.8, 4) is 17.2 Å². The Bertz CT molecular complexity index is 1260. The number of aromatic nitrogens is 1. The van der Waals surface area contributed by atoms with Gasteiger partial charge in [-0.25, -0.2) is 4.98 Å². The van der Waals surface area contributed by atoms with Crippen LogP contribution in [0.1, 0.15) is 15.9 Å². The van der Waals surface area contributed by atoms with E-state index in [0.29, 0.717) is 17.2 Å². The molecule has 0 unspecified atom stereocenters. The molecule has 4 aromatic rings. The zero-order chi connectivity index (χ0) is 21.3. The molecule has 0 saturated heterocycles. The zero-order valence-corrected chi connectivity index (χ0v) is 16.2. The van der Waals surface area contributed by atoms with Gasteiger partial charge >= 0.3 is 5.69 Å². The third-order valence-corrected chi connectivity index (χ3v) is 4.65. The van der Waals surface area contributed by atoms with Crippen molar-refractivity contribution < 1.29 is 18.9 Å². The second kappa shape index (κ2) is 7.67. The van der Waals surface area contributed by atoms with E-state index >= 15 is 0 Å². The van der Waals surface area contributed by atoms with E-state index in [0.717, 1.165) is 16.6 Å². The summed E-state index contributed by atoms with van der Waals surface area (Å²) < 4.78 is 10.8. The van der Waals surface area contributed by atoms with E-state index in [2.05, 4.69) is 10.3 Å². The van der Waals surface area contributed by atoms with Crippen LogP contribution in [0, 0.1) is 17.0 Å². The van der Waals surface area contributed by atoms with Gasteiger partial charge in [0.05, 0.1) is 12.0 Å². The Hall–Kier alpha value is -4.20. The molecule has 4 rings (SSSR count). The van der Waals surface area contributed by atoms with Crippen molar-refractivity contribution in [3.05, 3.63) is 81.9 Å². The number of nitro groups is 1. The van der Waals surface area contributed by atoms with Crippen molar-refractivity contribution in [3.63, 3.8) is 0 Å². The van der Waals surface area contributed by atoms with Crippen molar-refractivity contribution in [1.82, 2.24) is 4.98 Å². The lowest BCUT2D eigenvalue weighted by Gasteiger charge is -2.07. The highest BCUT2D eigenvalue weighted by atomic mass is 16.6. The van der Waals surface area contributed by atoms with Gasteiger partial charge in [-0.2, -0.15) is 0 Å². The molecule has 1 aromatic heterocycles. The first-order chi connectivity index (χ1) is 14.5. The molecular weight excluding hydrogens is 386 g/mol. The first-order valence-corrected chi connectivity index (χ1v) is 9.06. The summed E-state index contributed by atoms with van der Waals surface area (Å²) in [5, 5.41) is 13.9. The van der Waals surface area contributed by atoms with Crippen molar-refractivity contribution in [1.29, 1.82) is 0 Å². The number of methoxy groups -OCH3 is 1. The number of ether oxygens (including phenoxy) is 1. The van der Waals surface area contributed by atoms with E-state index in [1.807, 2.05) is 25.1 Å². The average molecular weight is 403 g/mol. The van der Waals surface area contributed by atoms with E-state index in [1.165, 1.54) is 25.3 Å². The SMILES string of the molecule is COc1ccc(C(=O)Nc2ccc(-c3nc4c(C)cccc4o3)cc2)cc1[N+](=O)[O-]. The molecule has 0 bridgehead atoms. The van der Waals surface area contributed by atoms with Crippen LogP contribution in [0.4, 0.5) is 11.4 Å². The van der Waals surface area contributed by atoms with E-state index in [1.54, 1.807) is 24.3 Å². The number of carbonyl (C=O) groups excluding carboxylic acids is 1. The monoisotopic (exact) mass is 403 g/mol. The van der Waals surface area contributed by atoms with E-state index in [9.17, 15) is 14.9 Å². The van der Waals surface area contributed by atoms with Crippen LogP contribution in [0.3, 0.4) is 0 Å². The summed E-state index contributed by atoms with van der Waals surface area (Å²) in [7, 11) is 1.34. The Balaban J connectivity index is 1.54. The van der Waals surface area contributed by atoms with Crippen LogP contribution in [0.15, 0.2) is 65.1 Å². The van der Waals surface area contributed by atoms with Crippen molar-refractivity contribution in [2.24, 2.45) is 0 Å². The van der Waals surface area contributed by atoms with Gasteiger partial charge in [0.25, 0.3) is 5.91 Å². The van der Waals surface area contributed by atoms with Crippen LogP contribution in [0.25, 0.3) is 22.6 Å². The van der Waals surface area contributed by atoms with Gasteiger partial charge < -0.3 is 14.5 Å². The predicted molar refractivity (Wildman–Crippen MR) is 112 cm³/mol. The fourth-order valence-electron chi connectivity index (χ4n) is 3.08. The number of fused-ring (bicyclic) bond motifs is 1. The smallest absolute Gasteiger partial charge is 0.311 e. The molecule has 8 nitrogen and oxygen atoms in total. The minimum atomic E-state index is -0.591. The Morgan fingerprint density at radius 1 is 1.13 bits per heavy atom. The lowest BCUT2D eigenvalue weighted by atomic mass is 10.1. The number of nitro benzene ring substituents is 1. The number of anilines is 1. The van der Waals surface area contributed by atoms with Gasteiger partial charge in [-0.05, 0) is 55.0 Å². The maximum atomic E-state index is 12.5. The topological polar surface area (TPSA) is 108 Å². The Labute approximate surface area is 171 Å². The van der Waals surface area contributed by atoms with Crippen LogP contribution in [0.2, 0.25) is 0 Å². The Morgan fingerprint density at radius 3 is 2.57 bits per heavy atom. The minimum Gasteiger partial charge on any atom is -0.490 e. The highest BCUT2D eigenvalue weighted by Gasteiger charge is 2.18. The quantitative estimate of drug-likeness (QED) is 0.372. The summed E-state index contributed by atoms with van der Waals surface area (Å²) in [6, 6.07) is 16.8. The molecule has 3 aromatic carbocycles. The molecule has 0 saturated carbocycles. The first-order valence-electron chi connectivity index (χ1n) is 9.06.